The van der Waals surface area contributed by atoms with E-state index in [1.807, 2.05) is 23.5 Å². The highest BCUT2D eigenvalue weighted by Gasteiger charge is 2.73. The third-order valence-corrected chi connectivity index (χ3v) is 17.2. The van der Waals surface area contributed by atoms with E-state index in [9.17, 15) is 5.26 Å². The van der Waals surface area contributed by atoms with Gasteiger partial charge in [0.25, 0.3) is 0 Å². The van der Waals surface area contributed by atoms with Crippen molar-refractivity contribution >= 4 is 31.5 Å². The minimum absolute atomic E-state index is 0.129. The van der Waals surface area contributed by atoms with Gasteiger partial charge in [-0.05, 0) is 119 Å². The Morgan fingerprint density at radius 2 is 1.22 bits per heavy atom. The highest BCUT2D eigenvalue weighted by Crippen LogP contribution is 2.80. The second-order valence-electron chi connectivity index (χ2n) is 18.8. The number of hydrogen-bond donors (Lipinski definition) is 0. The normalized spacial score (nSPS) is 26.4. The van der Waals surface area contributed by atoms with Crippen LogP contribution >= 0.6 is 11.3 Å². The lowest BCUT2D eigenvalue weighted by molar-refractivity contribution is -0.00195. The topological polar surface area (TPSA) is 62.5 Å². The van der Waals surface area contributed by atoms with Gasteiger partial charge in [-0.2, -0.15) is 5.26 Å². The predicted molar refractivity (Wildman–Crippen MR) is 238 cm³/mol. The largest absolute Gasteiger partial charge is 0.208 e. The molecule has 2 aromatic heterocycles. The number of nitriles is 1. The maximum atomic E-state index is 9.82. The zero-order valence-corrected chi connectivity index (χ0v) is 34.1. The number of nitrogens with zero attached hydrogens (tertiary/aromatic N) is 4. The van der Waals surface area contributed by atoms with Gasteiger partial charge in [0.15, 0.2) is 17.5 Å². The molecule has 5 aliphatic rings. The Bertz CT molecular complexity index is 3110. The Morgan fingerprint density at radius 3 is 2.03 bits per heavy atom. The average molecular weight is 779 g/mol. The Balaban J connectivity index is 1.04. The van der Waals surface area contributed by atoms with Crippen LogP contribution in [0.2, 0.25) is 0 Å². The molecule has 4 fully saturated rings. The maximum Gasteiger partial charge on any atom is 0.164 e. The Morgan fingerprint density at radius 1 is 0.576 bits per heavy atom. The van der Waals surface area contributed by atoms with E-state index in [2.05, 4.69) is 141 Å². The number of benzene rings is 6. The maximum absolute atomic E-state index is 9.82. The predicted octanol–water partition coefficient (Wildman–Crippen LogP) is 13.2. The summed E-state index contributed by atoms with van der Waals surface area (Å²) in [6.07, 6.45) is 6.68. The van der Waals surface area contributed by atoms with Gasteiger partial charge < -0.3 is 0 Å². The molecule has 59 heavy (non-hydrogen) atoms. The summed E-state index contributed by atoms with van der Waals surface area (Å²) in [5, 5.41) is 12.5. The van der Waals surface area contributed by atoms with Crippen LogP contribution in [-0.4, -0.2) is 15.0 Å². The first-order chi connectivity index (χ1) is 28.9. The average Bonchev–Trinajstić information content (AvgIpc) is 3.93. The van der Waals surface area contributed by atoms with Gasteiger partial charge in [-0.3, -0.25) is 0 Å². The standard InChI is InChI=1S/C54H42N4S/c1-52(2)42-17-7-6-15-39(42)47-41(16-9-18-43(47)52)51-57-49(32-11-4-3-5-12-32)56-50(58-51)33-13-8-14-34(24-33)54(37-26-35-25-36-27-38(54)29-53(35,36)28-37)44-19-10-20-45-48(44)40-22-21-31(30-55)23-46(40)59-45/h3-24,35-38H,25-29H2,1-2H3. The first-order valence-corrected chi connectivity index (χ1v) is 22.2. The minimum atomic E-state index is -0.140. The molecule has 0 amide bonds. The van der Waals surface area contributed by atoms with E-state index in [-0.39, 0.29) is 10.8 Å². The minimum Gasteiger partial charge on any atom is -0.208 e. The molecule has 0 radical (unpaired) electrons. The molecule has 4 saturated carbocycles. The second kappa shape index (κ2) is 11.8. The molecule has 13 rings (SSSR count). The molecule has 1 spiro atoms. The van der Waals surface area contributed by atoms with E-state index >= 15 is 0 Å². The molecule has 6 aromatic carbocycles. The van der Waals surface area contributed by atoms with E-state index in [0.717, 1.165) is 34.1 Å². The molecular weight excluding hydrogens is 737 g/mol. The molecule has 2 heterocycles. The third-order valence-electron chi connectivity index (χ3n) is 16.1. The number of fused-ring (bicyclic) bond motifs is 8. The lowest BCUT2D eigenvalue weighted by Crippen LogP contribution is -2.46. The Hall–Kier alpha value is -5.96. The highest BCUT2D eigenvalue weighted by molar-refractivity contribution is 7.25. The summed E-state index contributed by atoms with van der Waals surface area (Å²) in [6, 6.07) is 51.0. The number of aromatic nitrogens is 3. The number of thiophene rings is 1. The molecule has 284 valence electrons. The lowest BCUT2D eigenvalue weighted by Gasteiger charge is -2.51. The third kappa shape index (κ3) is 4.40. The molecule has 5 aliphatic carbocycles. The summed E-state index contributed by atoms with van der Waals surface area (Å²) in [6.45, 7) is 4.65. The smallest absolute Gasteiger partial charge is 0.164 e. The van der Waals surface area contributed by atoms with Crippen molar-refractivity contribution in [2.75, 3.05) is 0 Å². The molecule has 4 nitrogen and oxygen atoms in total. The van der Waals surface area contributed by atoms with Gasteiger partial charge in [0, 0.05) is 47.7 Å². The van der Waals surface area contributed by atoms with Crippen LogP contribution in [0.25, 0.3) is 65.5 Å². The lowest BCUT2D eigenvalue weighted by atomic mass is 9.52. The highest BCUT2D eigenvalue weighted by atomic mass is 32.1. The van der Waals surface area contributed by atoms with E-state index in [1.54, 1.807) is 0 Å². The zero-order chi connectivity index (χ0) is 39.3. The Kier molecular flexibility index (Phi) is 6.81. The van der Waals surface area contributed by atoms with Crippen molar-refractivity contribution in [2.24, 2.45) is 29.1 Å². The monoisotopic (exact) mass is 778 g/mol. The van der Waals surface area contributed by atoms with Crippen molar-refractivity contribution in [3.8, 4) is 51.4 Å². The van der Waals surface area contributed by atoms with Crippen LogP contribution in [0.4, 0.5) is 0 Å². The van der Waals surface area contributed by atoms with Gasteiger partial charge in [0.2, 0.25) is 0 Å². The van der Waals surface area contributed by atoms with Gasteiger partial charge in [0.1, 0.15) is 0 Å². The summed E-state index contributed by atoms with van der Waals surface area (Å²) in [5.41, 5.74) is 12.1. The SMILES string of the molecule is CC1(C)c2ccccc2-c2c(-c3nc(-c4ccccc4)nc(-c4cccc(C5(c6cccc7sc8cc(C#N)ccc8c67)C6CC7CC8CC5CC78C6)c4)n3)cccc21. The molecule has 3 bridgehead atoms. The molecule has 4 atom stereocenters. The number of hydrogen-bond acceptors (Lipinski definition) is 5. The van der Waals surface area contributed by atoms with Crippen molar-refractivity contribution < 1.29 is 0 Å². The van der Waals surface area contributed by atoms with Crippen LogP contribution in [0.1, 0.15) is 73.8 Å². The van der Waals surface area contributed by atoms with E-state index in [0.29, 0.717) is 34.7 Å². The molecule has 5 heteroatoms. The molecule has 0 aliphatic heterocycles. The van der Waals surface area contributed by atoms with Gasteiger partial charge >= 0.3 is 0 Å². The molecule has 8 aromatic rings. The van der Waals surface area contributed by atoms with Crippen LogP contribution in [-0.2, 0) is 10.8 Å². The van der Waals surface area contributed by atoms with Gasteiger partial charge in [-0.1, -0.05) is 123 Å². The van der Waals surface area contributed by atoms with Crippen LogP contribution in [0.15, 0.2) is 133 Å². The van der Waals surface area contributed by atoms with Crippen LogP contribution < -0.4 is 0 Å². The molecule has 0 saturated heterocycles. The first-order valence-electron chi connectivity index (χ1n) is 21.4. The summed E-state index contributed by atoms with van der Waals surface area (Å²) < 4.78 is 2.52. The van der Waals surface area contributed by atoms with E-state index in [1.165, 1.54) is 85.7 Å². The van der Waals surface area contributed by atoms with Crippen molar-refractivity contribution in [1.29, 1.82) is 5.26 Å². The van der Waals surface area contributed by atoms with Crippen LogP contribution in [0.3, 0.4) is 0 Å². The van der Waals surface area contributed by atoms with Crippen molar-refractivity contribution in [3.63, 3.8) is 0 Å². The quantitative estimate of drug-likeness (QED) is 0.175. The fourth-order valence-electron chi connectivity index (χ4n) is 13.7. The second-order valence-corrected chi connectivity index (χ2v) is 19.8. The Labute approximate surface area is 348 Å². The molecule has 0 N–H and O–H groups in total. The summed E-state index contributed by atoms with van der Waals surface area (Å²) in [4.78, 5) is 16.0. The first kappa shape index (κ1) is 34.0. The molecular formula is C54H42N4S. The summed E-state index contributed by atoms with van der Waals surface area (Å²) in [5.74, 6) is 4.95. The zero-order valence-electron chi connectivity index (χ0n) is 33.2. The van der Waals surface area contributed by atoms with Gasteiger partial charge in [0.05, 0.1) is 11.6 Å². The van der Waals surface area contributed by atoms with Crippen LogP contribution in [0.5, 0.6) is 0 Å². The summed E-state index contributed by atoms with van der Waals surface area (Å²) in [7, 11) is 0. The van der Waals surface area contributed by atoms with Crippen molar-refractivity contribution in [1.82, 2.24) is 15.0 Å². The molecule has 4 unspecified atom stereocenters. The van der Waals surface area contributed by atoms with Gasteiger partial charge in [-0.15, -0.1) is 11.3 Å². The summed E-state index contributed by atoms with van der Waals surface area (Å²) >= 11 is 1.83. The van der Waals surface area contributed by atoms with E-state index in [4.69, 9.17) is 15.0 Å². The number of rotatable bonds is 5. The van der Waals surface area contributed by atoms with Crippen molar-refractivity contribution in [2.45, 2.75) is 56.8 Å². The van der Waals surface area contributed by atoms with Crippen LogP contribution in [0, 0.1) is 40.4 Å². The van der Waals surface area contributed by atoms with Crippen molar-refractivity contribution in [3.05, 3.63) is 161 Å². The van der Waals surface area contributed by atoms with E-state index < -0.39 is 0 Å². The fourth-order valence-corrected chi connectivity index (χ4v) is 14.9. The fraction of sp³-hybridized carbons (Fsp3) is 0.259. The van der Waals surface area contributed by atoms with Gasteiger partial charge in [-0.25, -0.2) is 15.0 Å².